The molecule has 0 aliphatic carbocycles. The molecule has 0 unspecified atom stereocenters. The summed E-state index contributed by atoms with van der Waals surface area (Å²) in [6.07, 6.45) is 4.85. The van der Waals surface area contributed by atoms with Gasteiger partial charge in [-0.1, -0.05) is 91.6 Å². The number of aromatic nitrogens is 2. The Labute approximate surface area is 197 Å². The van der Waals surface area contributed by atoms with Crippen molar-refractivity contribution in [3.8, 4) is 10.6 Å². The molecule has 3 rings (SSSR count). The van der Waals surface area contributed by atoms with E-state index in [-0.39, 0.29) is 11.8 Å². The largest absolute Gasteiger partial charge is 0.344 e. The third-order valence-corrected chi connectivity index (χ3v) is 6.04. The Morgan fingerprint density at radius 3 is 2.59 bits per heavy atom. The first kappa shape index (κ1) is 23.9. The van der Waals surface area contributed by atoms with E-state index in [1.807, 2.05) is 42.5 Å². The second-order valence-electron chi connectivity index (χ2n) is 7.53. The SMILES string of the molecule is CCCCCCC(=O)N[C@H](Cc1ccccc1)C(=O)Nc1nnc(-c2cccc(Cl)c2)s1. The average Bonchev–Trinajstić information content (AvgIpc) is 3.25. The molecule has 0 radical (unpaired) electrons. The molecule has 0 bridgehead atoms. The molecular weight excluding hydrogens is 444 g/mol. The minimum Gasteiger partial charge on any atom is -0.344 e. The van der Waals surface area contributed by atoms with Crippen LogP contribution in [0.15, 0.2) is 54.6 Å². The molecule has 0 saturated carbocycles. The van der Waals surface area contributed by atoms with Crippen LogP contribution in [-0.4, -0.2) is 28.1 Å². The van der Waals surface area contributed by atoms with Crippen molar-refractivity contribution in [2.45, 2.75) is 51.5 Å². The summed E-state index contributed by atoms with van der Waals surface area (Å²) >= 11 is 7.31. The van der Waals surface area contributed by atoms with Crippen molar-refractivity contribution >= 4 is 39.9 Å². The number of amides is 2. The second-order valence-corrected chi connectivity index (χ2v) is 8.95. The topological polar surface area (TPSA) is 84.0 Å². The summed E-state index contributed by atoms with van der Waals surface area (Å²) in [5.74, 6) is -0.432. The van der Waals surface area contributed by atoms with Crippen LogP contribution >= 0.6 is 22.9 Å². The zero-order valence-electron chi connectivity index (χ0n) is 18.0. The minimum atomic E-state index is -0.699. The van der Waals surface area contributed by atoms with Crippen LogP contribution in [0.25, 0.3) is 10.6 Å². The predicted octanol–water partition coefficient (Wildman–Crippen LogP) is 5.49. The van der Waals surface area contributed by atoms with Crippen molar-refractivity contribution in [3.05, 3.63) is 65.2 Å². The van der Waals surface area contributed by atoms with E-state index in [2.05, 4.69) is 27.8 Å². The van der Waals surface area contributed by atoms with Gasteiger partial charge < -0.3 is 5.32 Å². The van der Waals surface area contributed by atoms with Gasteiger partial charge in [0.2, 0.25) is 16.9 Å². The maximum Gasteiger partial charge on any atom is 0.249 e. The molecule has 1 heterocycles. The van der Waals surface area contributed by atoms with E-state index in [9.17, 15) is 9.59 Å². The first-order valence-electron chi connectivity index (χ1n) is 10.8. The third kappa shape index (κ3) is 7.43. The van der Waals surface area contributed by atoms with Gasteiger partial charge in [-0.25, -0.2) is 0 Å². The van der Waals surface area contributed by atoms with E-state index in [1.165, 1.54) is 11.3 Å². The van der Waals surface area contributed by atoms with Crippen molar-refractivity contribution in [2.24, 2.45) is 0 Å². The highest BCUT2D eigenvalue weighted by Crippen LogP contribution is 2.28. The summed E-state index contributed by atoms with van der Waals surface area (Å²) in [7, 11) is 0. The number of nitrogens with zero attached hydrogens (tertiary/aromatic N) is 2. The molecule has 0 aliphatic heterocycles. The maximum atomic E-state index is 13.0. The summed E-state index contributed by atoms with van der Waals surface area (Å²) in [6.45, 7) is 2.13. The summed E-state index contributed by atoms with van der Waals surface area (Å²) in [6, 6.07) is 16.2. The fourth-order valence-corrected chi connectivity index (χ4v) is 4.18. The lowest BCUT2D eigenvalue weighted by Crippen LogP contribution is -2.45. The second kappa shape index (κ2) is 12.3. The van der Waals surface area contributed by atoms with Crippen molar-refractivity contribution < 1.29 is 9.59 Å². The molecule has 1 aromatic heterocycles. The average molecular weight is 471 g/mol. The van der Waals surface area contributed by atoms with Gasteiger partial charge in [-0.3, -0.25) is 14.9 Å². The van der Waals surface area contributed by atoms with Crippen LogP contribution in [0.2, 0.25) is 5.02 Å². The number of hydrogen-bond donors (Lipinski definition) is 2. The van der Waals surface area contributed by atoms with E-state index in [1.54, 1.807) is 12.1 Å². The number of carbonyl (C=O) groups excluding carboxylic acids is 2. The lowest BCUT2D eigenvalue weighted by Gasteiger charge is -2.18. The quantitative estimate of drug-likeness (QED) is 0.362. The first-order chi connectivity index (χ1) is 15.5. The normalized spacial score (nSPS) is 11.7. The van der Waals surface area contributed by atoms with Crippen molar-refractivity contribution in [3.63, 3.8) is 0 Å². The van der Waals surface area contributed by atoms with Gasteiger partial charge in [0.15, 0.2) is 0 Å². The number of rotatable bonds is 11. The van der Waals surface area contributed by atoms with Gasteiger partial charge in [-0.15, -0.1) is 10.2 Å². The highest BCUT2D eigenvalue weighted by Gasteiger charge is 2.22. The van der Waals surface area contributed by atoms with E-state index < -0.39 is 6.04 Å². The number of halogens is 1. The van der Waals surface area contributed by atoms with Crippen molar-refractivity contribution in [1.29, 1.82) is 0 Å². The van der Waals surface area contributed by atoms with Crippen LogP contribution < -0.4 is 10.6 Å². The van der Waals surface area contributed by atoms with Gasteiger partial charge in [0.1, 0.15) is 11.0 Å². The minimum absolute atomic E-state index is 0.117. The molecule has 8 heteroatoms. The number of carbonyl (C=O) groups is 2. The molecule has 3 aromatic rings. The number of anilines is 1. The van der Waals surface area contributed by atoms with E-state index in [0.29, 0.717) is 28.0 Å². The molecule has 32 heavy (non-hydrogen) atoms. The molecule has 0 aliphatic rings. The molecule has 0 spiro atoms. The molecule has 2 amide bonds. The molecule has 0 saturated heterocycles. The zero-order chi connectivity index (χ0) is 22.8. The Morgan fingerprint density at radius 2 is 1.84 bits per heavy atom. The fourth-order valence-electron chi connectivity index (χ4n) is 3.24. The Bertz CT molecular complexity index is 1030. The summed E-state index contributed by atoms with van der Waals surface area (Å²) < 4.78 is 0. The number of hydrogen-bond acceptors (Lipinski definition) is 5. The monoisotopic (exact) mass is 470 g/mol. The lowest BCUT2D eigenvalue weighted by atomic mass is 10.0. The molecule has 0 fully saturated rings. The van der Waals surface area contributed by atoms with E-state index >= 15 is 0 Å². The number of unbranched alkanes of at least 4 members (excludes halogenated alkanes) is 3. The molecule has 6 nitrogen and oxygen atoms in total. The lowest BCUT2D eigenvalue weighted by molar-refractivity contribution is -0.126. The Hall–Kier alpha value is -2.77. The van der Waals surface area contributed by atoms with Crippen LogP contribution in [0.5, 0.6) is 0 Å². The summed E-state index contributed by atoms with van der Waals surface area (Å²) in [4.78, 5) is 25.5. The molecule has 1 atom stereocenters. The fraction of sp³-hybridized carbons (Fsp3) is 0.333. The number of benzene rings is 2. The van der Waals surface area contributed by atoms with Gasteiger partial charge in [-0.2, -0.15) is 0 Å². The van der Waals surface area contributed by atoms with Gasteiger partial charge >= 0.3 is 0 Å². The van der Waals surface area contributed by atoms with Crippen LogP contribution in [-0.2, 0) is 16.0 Å². The van der Waals surface area contributed by atoms with Gasteiger partial charge in [-0.05, 0) is 24.1 Å². The summed E-state index contributed by atoms with van der Waals surface area (Å²) in [5.41, 5.74) is 1.80. The highest BCUT2D eigenvalue weighted by atomic mass is 35.5. The first-order valence-corrected chi connectivity index (χ1v) is 12.0. The van der Waals surface area contributed by atoms with Gasteiger partial charge in [0.05, 0.1) is 0 Å². The summed E-state index contributed by atoms with van der Waals surface area (Å²) in [5, 5.41) is 15.6. The Morgan fingerprint density at radius 1 is 1.03 bits per heavy atom. The Kier molecular flexibility index (Phi) is 9.19. The van der Waals surface area contributed by atoms with Gasteiger partial charge in [0.25, 0.3) is 0 Å². The Balaban J connectivity index is 1.67. The van der Waals surface area contributed by atoms with E-state index in [4.69, 9.17) is 11.6 Å². The van der Waals surface area contributed by atoms with Crippen LogP contribution in [0.3, 0.4) is 0 Å². The molecular formula is C24H27ClN4O2S. The van der Waals surface area contributed by atoms with Crippen molar-refractivity contribution in [2.75, 3.05) is 5.32 Å². The smallest absolute Gasteiger partial charge is 0.249 e. The van der Waals surface area contributed by atoms with Gasteiger partial charge in [0, 0.05) is 23.4 Å². The zero-order valence-corrected chi connectivity index (χ0v) is 19.6. The third-order valence-electron chi connectivity index (χ3n) is 4.92. The standard InChI is InChI=1S/C24H27ClN4O2S/c1-2-3-4-8-14-21(30)26-20(15-17-10-6-5-7-11-17)22(31)27-24-29-28-23(32-24)18-12-9-13-19(25)16-18/h5-7,9-13,16,20H,2-4,8,14-15H2,1H3,(H,26,30)(H,27,29,31)/t20-/m1/s1. The number of nitrogens with one attached hydrogen (secondary N) is 2. The van der Waals surface area contributed by atoms with Crippen LogP contribution in [0, 0.1) is 0 Å². The predicted molar refractivity (Wildman–Crippen MR) is 130 cm³/mol. The highest BCUT2D eigenvalue weighted by molar-refractivity contribution is 7.18. The maximum absolute atomic E-state index is 13.0. The molecule has 2 N–H and O–H groups in total. The van der Waals surface area contributed by atoms with Crippen LogP contribution in [0.1, 0.15) is 44.6 Å². The molecule has 2 aromatic carbocycles. The van der Waals surface area contributed by atoms with Crippen LogP contribution in [0.4, 0.5) is 5.13 Å². The van der Waals surface area contributed by atoms with E-state index in [0.717, 1.165) is 36.8 Å². The molecule has 168 valence electrons. The van der Waals surface area contributed by atoms with Crippen molar-refractivity contribution in [1.82, 2.24) is 15.5 Å².